The summed E-state index contributed by atoms with van der Waals surface area (Å²) < 4.78 is 0. The van der Waals surface area contributed by atoms with E-state index in [1.54, 1.807) is 0 Å². The van der Waals surface area contributed by atoms with Crippen LogP contribution in [0.1, 0.15) is 44.9 Å². The number of nitrogens with zero attached hydrogens (tertiary/aromatic N) is 2. The van der Waals surface area contributed by atoms with E-state index in [1.165, 1.54) is 24.1 Å². The van der Waals surface area contributed by atoms with E-state index in [4.69, 9.17) is 0 Å². The molecule has 0 aliphatic carbocycles. The highest BCUT2D eigenvalue weighted by atomic mass is 15.2. The predicted molar refractivity (Wildman–Crippen MR) is 80.2 cm³/mol. The van der Waals surface area contributed by atoms with Crippen molar-refractivity contribution >= 4 is 0 Å². The lowest BCUT2D eigenvalue weighted by molar-refractivity contribution is 0.127. The van der Waals surface area contributed by atoms with Gasteiger partial charge in [0.1, 0.15) is 0 Å². The predicted octanol–water partition coefficient (Wildman–Crippen LogP) is 2.61. The van der Waals surface area contributed by atoms with Crippen LogP contribution >= 0.6 is 0 Å². The topological polar surface area (TPSA) is 28.2 Å². The van der Waals surface area contributed by atoms with Gasteiger partial charge in [-0.15, -0.1) is 0 Å². The smallest absolute Gasteiger partial charge is 0.0575 e. The second-order valence-corrected chi connectivity index (χ2v) is 5.64. The molecule has 0 radical (unpaired) electrons. The van der Waals surface area contributed by atoms with Crippen LogP contribution in [0.4, 0.5) is 0 Å². The number of hydrogen-bond donors (Lipinski definition) is 1. The summed E-state index contributed by atoms with van der Waals surface area (Å²) in [5, 5.41) is 3.65. The van der Waals surface area contributed by atoms with Gasteiger partial charge < -0.3 is 5.32 Å². The quantitative estimate of drug-likeness (QED) is 0.883. The van der Waals surface area contributed by atoms with E-state index in [1.807, 2.05) is 12.3 Å². The van der Waals surface area contributed by atoms with E-state index in [9.17, 15) is 0 Å². The molecule has 106 valence electrons. The molecule has 0 bridgehead atoms. The molecular weight excluding hydrogens is 234 g/mol. The molecule has 3 heteroatoms. The summed E-state index contributed by atoms with van der Waals surface area (Å²) in [6, 6.07) is 5.50. The summed E-state index contributed by atoms with van der Waals surface area (Å²) in [4.78, 5) is 7.17. The standard InChI is InChI=1S/C16H27N3/c1-4-7-15-11-19(13(3)10-18-15)12-16-14(5-2)8-6-9-17-16/h6,8-9,13,15,18H,4-5,7,10-12H2,1-3H3. The van der Waals surface area contributed by atoms with Crippen LogP contribution in [0.25, 0.3) is 0 Å². The zero-order chi connectivity index (χ0) is 13.7. The van der Waals surface area contributed by atoms with Gasteiger partial charge in [0.25, 0.3) is 0 Å². The molecule has 0 amide bonds. The Morgan fingerprint density at radius 2 is 2.26 bits per heavy atom. The Balaban J connectivity index is 2.03. The minimum Gasteiger partial charge on any atom is -0.311 e. The molecule has 1 fully saturated rings. The summed E-state index contributed by atoms with van der Waals surface area (Å²) in [5.74, 6) is 0. The average Bonchev–Trinajstić information content (AvgIpc) is 2.43. The van der Waals surface area contributed by atoms with Crippen LogP contribution < -0.4 is 5.32 Å². The maximum absolute atomic E-state index is 4.59. The van der Waals surface area contributed by atoms with Gasteiger partial charge in [0, 0.05) is 37.9 Å². The van der Waals surface area contributed by atoms with Gasteiger partial charge in [-0.3, -0.25) is 9.88 Å². The minimum atomic E-state index is 0.597. The van der Waals surface area contributed by atoms with E-state index < -0.39 is 0 Å². The van der Waals surface area contributed by atoms with Gasteiger partial charge >= 0.3 is 0 Å². The van der Waals surface area contributed by atoms with Crippen LogP contribution in [0.2, 0.25) is 0 Å². The summed E-state index contributed by atoms with van der Waals surface area (Å²) in [7, 11) is 0. The maximum atomic E-state index is 4.59. The van der Waals surface area contributed by atoms with Gasteiger partial charge in [-0.1, -0.05) is 26.3 Å². The molecule has 2 unspecified atom stereocenters. The molecule has 0 saturated carbocycles. The molecule has 2 atom stereocenters. The maximum Gasteiger partial charge on any atom is 0.0575 e. The van der Waals surface area contributed by atoms with Crippen molar-refractivity contribution in [2.75, 3.05) is 13.1 Å². The highest BCUT2D eigenvalue weighted by Gasteiger charge is 2.24. The molecule has 0 aromatic carbocycles. The Hall–Kier alpha value is -0.930. The van der Waals surface area contributed by atoms with Crippen molar-refractivity contribution < 1.29 is 0 Å². The number of aryl methyl sites for hydroxylation is 1. The molecule has 2 heterocycles. The lowest BCUT2D eigenvalue weighted by atomic mass is 10.0. The Morgan fingerprint density at radius 3 is 3.00 bits per heavy atom. The molecule has 1 aliphatic rings. The Kier molecular flexibility index (Phi) is 5.34. The fraction of sp³-hybridized carbons (Fsp3) is 0.688. The highest BCUT2D eigenvalue weighted by Crippen LogP contribution is 2.16. The monoisotopic (exact) mass is 261 g/mol. The summed E-state index contributed by atoms with van der Waals surface area (Å²) >= 11 is 0. The first-order chi connectivity index (χ1) is 9.24. The number of hydrogen-bond acceptors (Lipinski definition) is 3. The molecule has 1 aliphatic heterocycles. The van der Waals surface area contributed by atoms with Crippen LogP contribution in [-0.4, -0.2) is 35.1 Å². The molecule has 1 N–H and O–H groups in total. The highest BCUT2D eigenvalue weighted by molar-refractivity contribution is 5.19. The summed E-state index contributed by atoms with van der Waals surface area (Å²) in [6.07, 6.45) is 5.52. The van der Waals surface area contributed by atoms with E-state index in [2.05, 4.69) is 42.0 Å². The van der Waals surface area contributed by atoms with Crippen molar-refractivity contribution in [3.63, 3.8) is 0 Å². The third-order valence-corrected chi connectivity index (χ3v) is 4.14. The normalized spacial score (nSPS) is 24.6. The summed E-state index contributed by atoms with van der Waals surface area (Å²) in [5.41, 5.74) is 2.65. The Bertz CT molecular complexity index is 391. The average molecular weight is 261 g/mol. The molecule has 1 aromatic rings. The molecule has 3 nitrogen and oxygen atoms in total. The third kappa shape index (κ3) is 3.77. The van der Waals surface area contributed by atoms with E-state index in [-0.39, 0.29) is 0 Å². The minimum absolute atomic E-state index is 0.597. The number of piperazine rings is 1. The van der Waals surface area contributed by atoms with Crippen molar-refractivity contribution in [2.24, 2.45) is 0 Å². The van der Waals surface area contributed by atoms with Crippen molar-refractivity contribution in [2.45, 2.75) is 58.7 Å². The molecule has 2 rings (SSSR count). The van der Waals surface area contributed by atoms with Gasteiger partial charge in [0.05, 0.1) is 5.69 Å². The number of nitrogens with one attached hydrogen (secondary N) is 1. The summed E-state index contributed by atoms with van der Waals surface area (Å²) in [6.45, 7) is 10.0. The first-order valence-corrected chi connectivity index (χ1v) is 7.64. The number of rotatable bonds is 5. The SMILES string of the molecule is CCCC1CN(Cc2ncccc2CC)C(C)CN1. The van der Waals surface area contributed by atoms with Crippen LogP contribution in [-0.2, 0) is 13.0 Å². The Labute approximate surface area is 117 Å². The van der Waals surface area contributed by atoms with Crippen molar-refractivity contribution in [3.05, 3.63) is 29.6 Å². The zero-order valence-electron chi connectivity index (χ0n) is 12.5. The third-order valence-electron chi connectivity index (χ3n) is 4.14. The van der Waals surface area contributed by atoms with E-state index >= 15 is 0 Å². The van der Waals surface area contributed by atoms with Crippen molar-refractivity contribution in [1.82, 2.24) is 15.2 Å². The van der Waals surface area contributed by atoms with Crippen LogP contribution in [0, 0.1) is 0 Å². The fourth-order valence-electron chi connectivity index (χ4n) is 2.88. The van der Waals surface area contributed by atoms with Crippen molar-refractivity contribution in [3.8, 4) is 0 Å². The van der Waals surface area contributed by atoms with Gasteiger partial charge in [-0.05, 0) is 31.4 Å². The first kappa shape index (κ1) is 14.5. The van der Waals surface area contributed by atoms with E-state index in [0.717, 1.165) is 26.1 Å². The zero-order valence-corrected chi connectivity index (χ0v) is 12.5. The van der Waals surface area contributed by atoms with Gasteiger partial charge in [0.2, 0.25) is 0 Å². The molecule has 1 saturated heterocycles. The lowest BCUT2D eigenvalue weighted by Gasteiger charge is -2.38. The first-order valence-electron chi connectivity index (χ1n) is 7.64. The van der Waals surface area contributed by atoms with Crippen LogP contribution in [0.3, 0.4) is 0 Å². The lowest BCUT2D eigenvalue weighted by Crippen LogP contribution is -2.54. The molecule has 19 heavy (non-hydrogen) atoms. The van der Waals surface area contributed by atoms with Crippen LogP contribution in [0.5, 0.6) is 0 Å². The Morgan fingerprint density at radius 1 is 1.42 bits per heavy atom. The largest absolute Gasteiger partial charge is 0.311 e. The molecular formula is C16H27N3. The van der Waals surface area contributed by atoms with Gasteiger partial charge in [-0.25, -0.2) is 0 Å². The second kappa shape index (κ2) is 7.01. The number of pyridine rings is 1. The fourth-order valence-corrected chi connectivity index (χ4v) is 2.88. The number of aromatic nitrogens is 1. The second-order valence-electron chi connectivity index (χ2n) is 5.64. The van der Waals surface area contributed by atoms with Crippen molar-refractivity contribution in [1.29, 1.82) is 0 Å². The molecule has 0 spiro atoms. The van der Waals surface area contributed by atoms with E-state index in [0.29, 0.717) is 12.1 Å². The van der Waals surface area contributed by atoms with Crippen LogP contribution in [0.15, 0.2) is 18.3 Å². The molecule has 1 aromatic heterocycles. The van der Waals surface area contributed by atoms with Gasteiger partial charge in [0.15, 0.2) is 0 Å². The van der Waals surface area contributed by atoms with Gasteiger partial charge in [-0.2, -0.15) is 0 Å².